The summed E-state index contributed by atoms with van der Waals surface area (Å²) in [5, 5.41) is 3.22. The summed E-state index contributed by atoms with van der Waals surface area (Å²) in [4.78, 5) is 14.1. The number of rotatable bonds is 5. The molecule has 0 aromatic carbocycles. The molecule has 1 aromatic rings. The molecule has 1 amide bonds. The van der Waals surface area contributed by atoms with Crippen molar-refractivity contribution in [3.8, 4) is 0 Å². The van der Waals surface area contributed by atoms with Gasteiger partial charge in [-0.2, -0.15) is 0 Å². The minimum Gasteiger partial charge on any atom is -0.468 e. The van der Waals surface area contributed by atoms with Crippen LogP contribution >= 0.6 is 0 Å². The van der Waals surface area contributed by atoms with E-state index < -0.39 is 5.79 Å². The molecule has 0 unspecified atom stereocenters. The first-order chi connectivity index (χ1) is 10.3. The fraction of sp³-hybridized carbons (Fsp3) is 0.667. The maximum absolute atomic E-state index is 12.1. The number of piperidine rings is 1. The zero-order chi connectivity index (χ0) is 14.5. The quantitative estimate of drug-likeness (QED) is 0.825. The van der Waals surface area contributed by atoms with Gasteiger partial charge in [-0.1, -0.05) is 0 Å². The lowest BCUT2D eigenvalue weighted by Gasteiger charge is -2.37. The Bertz CT molecular complexity index is 444. The van der Waals surface area contributed by atoms with Crippen molar-refractivity contribution in [2.75, 3.05) is 32.8 Å². The van der Waals surface area contributed by atoms with Crippen LogP contribution in [-0.4, -0.2) is 49.4 Å². The molecule has 6 heteroatoms. The molecule has 3 heterocycles. The highest BCUT2D eigenvalue weighted by Crippen LogP contribution is 2.31. The molecule has 0 saturated carbocycles. The van der Waals surface area contributed by atoms with E-state index in [2.05, 4.69) is 5.32 Å². The lowest BCUT2D eigenvalue weighted by Crippen LogP contribution is -2.47. The van der Waals surface area contributed by atoms with Gasteiger partial charge in [0.15, 0.2) is 5.79 Å². The molecule has 6 nitrogen and oxygen atoms in total. The maximum Gasteiger partial charge on any atom is 0.223 e. The van der Waals surface area contributed by atoms with E-state index >= 15 is 0 Å². The topological polar surface area (TPSA) is 63.9 Å². The first-order valence-corrected chi connectivity index (χ1v) is 7.56. The smallest absolute Gasteiger partial charge is 0.223 e. The molecule has 1 aromatic heterocycles. The molecule has 21 heavy (non-hydrogen) atoms. The summed E-state index contributed by atoms with van der Waals surface area (Å²) in [5.41, 5.74) is 0. The van der Waals surface area contributed by atoms with Crippen molar-refractivity contribution in [1.29, 1.82) is 0 Å². The monoisotopic (exact) mass is 294 g/mol. The normalized spacial score (nSPS) is 21.0. The van der Waals surface area contributed by atoms with Crippen LogP contribution in [0.1, 0.15) is 25.0 Å². The summed E-state index contributed by atoms with van der Waals surface area (Å²) in [5.74, 6) is 0.668. The summed E-state index contributed by atoms with van der Waals surface area (Å²) in [7, 11) is 0. The Hall–Kier alpha value is -1.37. The fourth-order valence-corrected chi connectivity index (χ4v) is 2.86. The van der Waals surface area contributed by atoms with E-state index in [0.29, 0.717) is 32.7 Å². The Morgan fingerprint density at radius 3 is 2.71 bits per heavy atom. The molecular weight excluding hydrogens is 272 g/mol. The highest BCUT2D eigenvalue weighted by molar-refractivity contribution is 5.76. The molecule has 0 aliphatic carbocycles. The molecule has 0 atom stereocenters. The summed E-state index contributed by atoms with van der Waals surface area (Å²) < 4.78 is 16.6. The average molecular weight is 294 g/mol. The van der Waals surface area contributed by atoms with E-state index in [9.17, 15) is 4.79 Å². The van der Waals surface area contributed by atoms with E-state index in [4.69, 9.17) is 13.9 Å². The fourth-order valence-electron chi connectivity index (χ4n) is 2.86. The Morgan fingerprint density at radius 1 is 1.29 bits per heavy atom. The molecule has 3 rings (SSSR count). The molecule has 2 fully saturated rings. The van der Waals surface area contributed by atoms with Crippen LogP contribution in [0.5, 0.6) is 0 Å². The summed E-state index contributed by atoms with van der Waals surface area (Å²) in [6.07, 6.45) is 3.71. The Morgan fingerprint density at radius 2 is 2.05 bits per heavy atom. The standard InChI is InChI=1S/C15H22N2O4/c18-14(3-6-16-12-13-2-1-9-19-13)17-7-4-15(5-8-17)20-10-11-21-15/h1-2,9,16H,3-8,10-12H2. The second-order valence-corrected chi connectivity index (χ2v) is 5.49. The van der Waals surface area contributed by atoms with Crippen molar-refractivity contribution >= 4 is 5.91 Å². The van der Waals surface area contributed by atoms with Gasteiger partial charge in [0.2, 0.25) is 5.91 Å². The van der Waals surface area contributed by atoms with Gasteiger partial charge in [0, 0.05) is 38.9 Å². The van der Waals surface area contributed by atoms with Crippen LogP contribution in [0.25, 0.3) is 0 Å². The van der Waals surface area contributed by atoms with Crippen LogP contribution in [0.2, 0.25) is 0 Å². The SMILES string of the molecule is O=C(CCNCc1ccco1)N1CCC2(CC1)OCCO2. The van der Waals surface area contributed by atoms with Crippen molar-refractivity contribution in [1.82, 2.24) is 10.2 Å². The summed E-state index contributed by atoms with van der Waals surface area (Å²) in [6.45, 7) is 4.10. The minimum absolute atomic E-state index is 0.190. The van der Waals surface area contributed by atoms with Crippen LogP contribution in [0.4, 0.5) is 0 Å². The number of carbonyl (C=O) groups is 1. The number of nitrogens with zero attached hydrogens (tertiary/aromatic N) is 1. The maximum atomic E-state index is 12.1. The van der Waals surface area contributed by atoms with Crippen molar-refractivity contribution in [3.05, 3.63) is 24.2 Å². The van der Waals surface area contributed by atoms with Crippen molar-refractivity contribution in [2.45, 2.75) is 31.6 Å². The highest BCUT2D eigenvalue weighted by atomic mass is 16.7. The van der Waals surface area contributed by atoms with E-state index in [1.54, 1.807) is 6.26 Å². The number of carbonyl (C=O) groups excluding carboxylic acids is 1. The number of hydrogen-bond donors (Lipinski definition) is 1. The van der Waals surface area contributed by atoms with E-state index in [1.165, 1.54) is 0 Å². The van der Waals surface area contributed by atoms with E-state index in [0.717, 1.165) is 31.7 Å². The average Bonchev–Trinajstić information content (AvgIpc) is 3.16. The zero-order valence-corrected chi connectivity index (χ0v) is 12.2. The molecule has 0 radical (unpaired) electrons. The molecule has 2 aliphatic heterocycles. The van der Waals surface area contributed by atoms with Crippen LogP contribution in [0.3, 0.4) is 0 Å². The number of furan rings is 1. The lowest BCUT2D eigenvalue weighted by atomic mass is 10.0. The molecule has 2 saturated heterocycles. The predicted octanol–water partition coefficient (Wildman–Crippen LogP) is 1.12. The highest BCUT2D eigenvalue weighted by Gasteiger charge is 2.40. The van der Waals surface area contributed by atoms with E-state index in [-0.39, 0.29) is 5.91 Å². The van der Waals surface area contributed by atoms with Gasteiger partial charge in [0.25, 0.3) is 0 Å². The third kappa shape index (κ3) is 3.64. The van der Waals surface area contributed by atoms with Crippen LogP contribution < -0.4 is 5.32 Å². The molecule has 0 bridgehead atoms. The van der Waals surface area contributed by atoms with Crippen molar-refractivity contribution in [2.24, 2.45) is 0 Å². The van der Waals surface area contributed by atoms with Gasteiger partial charge in [0.05, 0.1) is 26.0 Å². The Kier molecular flexibility index (Phi) is 4.57. The van der Waals surface area contributed by atoms with Crippen LogP contribution in [0.15, 0.2) is 22.8 Å². The minimum atomic E-state index is -0.408. The second-order valence-electron chi connectivity index (χ2n) is 5.49. The third-order valence-electron chi connectivity index (χ3n) is 4.09. The molecule has 1 N–H and O–H groups in total. The van der Waals surface area contributed by atoms with Gasteiger partial charge >= 0.3 is 0 Å². The largest absolute Gasteiger partial charge is 0.468 e. The number of nitrogens with one attached hydrogen (secondary N) is 1. The van der Waals surface area contributed by atoms with E-state index in [1.807, 2.05) is 17.0 Å². The number of likely N-dealkylation sites (tertiary alicyclic amines) is 1. The van der Waals surface area contributed by atoms with Crippen LogP contribution in [0, 0.1) is 0 Å². The zero-order valence-electron chi connectivity index (χ0n) is 12.2. The summed E-state index contributed by atoms with van der Waals surface area (Å²) >= 11 is 0. The van der Waals surface area contributed by atoms with Gasteiger partial charge in [-0.05, 0) is 12.1 Å². The Balaban J connectivity index is 1.34. The second kappa shape index (κ2) is 6.60. The van der Waals surface area contributed by atoms with Crippen molar-refractivity contribution < 1.29 is 18.7 Å². The molecular formula is C15H22N2O4. The summed E-state index contributed by atoms with van der Waals surface area (Å²) in [6, 6.07) is 3.78. The molecule has 1 spiro atoms. The Labute approximate surface area is 124 Å². The molecule has 116 valence electrons. The first kappa shape index (κ1) is 14.6. The lowest BCUT2D eigenvalue weighted by molar-refractivity contribution is -0.187. The van der Waals surface area contributed by atoms with Gasteiger partial charge in [-0.25, -0.2) is 0 Å². The first-order valence-electron chi connectivity index (χ1n) is 7.56. The predicted molar refractivity (Wildman–Crippen MR) is 75.5 cm³/mol. The molecule has 2 aliphatic rings. The van der Waals surface area contributed by atoms with Crippen molar-refractivity contribution in [3.63, 3.8) is 0 Å². The van der Waals surface area contributed by atoms with Gasteiger partial charge < -0.3 is 24.1 Å². The van der Waals surface area contributed by atoms with Gasteiger partial charge in [0.1, 0.15) is 5.76 Å². The number of amides is 1. The number of ether oxygens (including phenoxy) is 2. The van der Waals surface area contributed by atoms with Crippen LogP contribution in [-0.2, 0) is 20.8 Å². The number of hydrogen-bond acceptors (Lipinski definition) is 5. The third-order valence-corrected chi connectivity index (χ3v) is 4.09. The van der Waals surface area contributed by atoms with Gasteiger partial charge in [-0.15, -0.1) is 0 Å². The van der Waals surface area contributed by atoms with Gasteiger partial charge in [-0.3, -0.25) is 4.79 Å².